The third-order valence-electron chi connectivity index (χ3n) is 4.57. The Hall–Kier alpha value is -2.36. The van der Waals surface area contributed by atoms with Gasteiger partial charge in [-0.15, -0.1) is 0 Å². The minimum Gasteiger partial charge on any atom is -0.478 e. The van der Waals surface area contributed by atoms with E-state index in [0.717, 1.165) is 31.3 Å². The lowest BCUT2D eigenvalue weighted by Gasteiger charge is -2.26. The van der Waals surface area contributed by atoms with E-state index in [-0.39, 0.29) is 17.4 Å². The van der Waals surface area contributed by atoms with E-state index in [9.17, 15) is 14.7 Å². The summed E-state index contributed by atoms with van der Waals surface area (Å²) in [5, 5.41) is 12.5. The number of nitrogens with one attached hydrogen (secondary N) is 1. The van der Waals surface area contributed by atoms with Crippen LogP contribution in [0.3, 0.4) is 0 Å². The number of carboxylic acid groups (broad SMARTS) is 1. The molecule has 2 rings (SSSR count). The van der Waals surface area contributed by atoms with Gasteiger partial charge in [0.2, 0.25) is 0 Å². The minimum absolute atomic E-state index is 0.230. The number of hydrogen-bond donors (Lipinski definition) is 2. The van der Waals surface area contributed by atoms with Crippen LogP contribution in [0.25, 0.3) is 0 Å². The Labute approximate surface area is 143 Å². The monoisotopic (exact) mass is 327 g/mol. The second kappa shape index (κ2) is 8.48. The van der Waals surface area contributed by atoms with Crippen molar-refractivity contribution in [2.45, 2.75) is 46.0 Å². The maximum Gasteiger partial charge on any atom is 0.337 e. The summed E-state index contributed by atoms with van der Waals surface area (Å²) in [6.45, 7) is 3.54. The maximum absolute atomic E-state index is 12.3. The van der Waals surface area contributed by atoms with Crippen molar-refractivity contribution in [2.75, 3.05) is 0 Å². The van der Waals surface area contributed by atoms with E-state index in [4.69, 9.17) is 0 Å². The van der Waals surface area contributed by atoms with Gasteiger partial charge in [-0.3, -0.25) is 4.79 Å². The number of aliphatic carboxylic acids is 1. The Morgan fingerprint density at radius 3 is 2.29 bits per heavy atom. The van der Waals surface area contributed by atoms with Gasteiger partial charge in [-0.25, -0.2) is 4.79 Å². The Morgan fingerprint density at radius 1 is 1.12 bits per heavy atom. The molecular formula is C20H25NO3. The third-order valence-corrected chi connectivity index (χ3v) is 4.57. The van der Waals surface area contributed by atoms with Crippen molar-refractivity contribution in [2.24, 2.45) is 5.92 Å². The van der Waals surface area contributed by atoms with Crippen LogP contribution in [0.15, 0.2) is 53.3 Å². The number of rotatable bonds is 5. The SMILES string of the molecule is C/C=C(\C(C(=O)O)=C(/C)NC(=O)c1ccccc1)C1CCCCC1. The molecule has 128 valence electrons. The zero-order valence-electron chi connectivity index (χ0n) is 14.3. The highest BCUT2D eigenvalue weighted by molar-refractivity contribution is 5.98. The zero-order chi connectivity index (χ0) is 17.5. The maximum atomic E-state index is 12.3. The molecule has 4 nitrogen and oxygen atoms in total. The Kier molecular flexibility index (Phi) is 6.36. The predicted molar refractivity (Wildman–Crippen MR) is 94.6 cm³/mol. The minimum atomic E-state index is -0.987. The fourth-order valence-electron chi connectivity index (χ4n) is 3.39. The first-order valence-corrected chi connectivity index (χ1v) is 8.51. The fourth-order valence-corrected chi connectivity index (χ4v) is 3.39. The molecule has 0 bridgehead atoms. The van der Waals surface area contributed by atoms with Crippen LogP contribution in [0.1, 0.15) is 56.3 Å². The summed E-state index contributed by atoms with van der Waals surface area (Å²) < 4.78 is 0. The van der Waals surface area contributed by atoms with E-state index in [1.807, 2.05) is 19.1 Å². The van der Waals surface area contributed by atoms with E-state index in [0.29, 0.717) is 11.3 Å². The number of carboxylic acids is 1. The van der Waals surface area contributed by atoms with Gasteiger partial charge in [-0.05, 0) is 50.3 Å². The van der Waals surface area contributed by atoms with E-state index < -0.39 is 5.97 Å². The van der Waals surface area contributed by atoms with Crippen LogP contribution in [0.4, 0.5) is 0 Å². The van der Waals surface area contributed by atoms with Crippen molar-refractivity contribution in [3.05, 3.63) is 58.8 Å². The lowest BCUT2D eigenvalue weighted by Crippen LogP contribution is -2.26. The summed E-state index contributed by atoms with van der Waals surface area (Å²) in [6, 6.07) is 8.82. The second-order valence-electron chi connectivity index (χ2n) is 6.20. The molecule has 24 heavy (non-hydrogen) atoms. The number of carbonyl (C=O) groups is 2. The summed E-state index contributed by atoms with van der Waals surface area (Å²) in [7, 11) is 0. The van der Waals surface area contributed by atoms with Gasteiger partial charge in [-0.2, -0.15) is 0 Å². The van der Waals surface area contributed by atoms with Gasteiger partial charge in [0.25, 0.3) is 5.91 Å². The van der Waals surface area contributed by atoms with Crippen molar-refractivity contribution in [1.82, 2.24) is 5.32 Å². The highest BCUT2D eigenvalue weighted by Gasteiger charge is 2.26. The lowest BCUT2D eigenvalue weighted by atomic mass is 9.80. The lowest BCUT2D eigenvalue weighted by molar-refractivity contribution is -0.132. The average Bonchev–Trinajstić information content (AvgIpc) is 2.60. The largest absolute Gasteiger partial charge is 0.478 e. The Bertz CT molecular complexity index is 653. The van der Waals surface area contributed by atoms with Gasteiger partial charge in [0.15, 0.2) is 0 Å². The fraction of sp³-hybridized carbons (Fsp3) is 0.400. The molecule has 1 amide bonds. The second-order valence-corrected chi connectivity index (χ2v) is 6.20. The molecule has 0 atom stereocenters. The topological polar surface area (TPSA) is 66.4 Å². The molecule has 1 fully saturated rings. The highest BCUT2D eigenvalue weighted by Crippen LogP contribution is 2.34. The number of allylic oxidation sites excluding steroid dienone is 2. The molecule has 4 heteroatoms. The van der Waals surface area contributed by atoms with Crippen LogP contribution >= 0.6 is 0 Å². The molecule has 1 aromatic rings. The molecule has 1 aromatic carbocycles. The van der Waals surface area contributed by atoms with Crippen LogP contribution in [0, 0.1) is 5.92 Å². The Balaban J connectivity index is 2.28. The van der Waals surface area contributed by atoms with Crippen molar-refractivity contribution in [3.8, 4) is 0 Å². The average molecular weight is 327 g/mol. The number of benzene rings is 1. The third kappa shape index (κ3) is 4.34. The molecule has 0 aliphatic heterocycles. The number of hydrogen-bond acceptors (Lipinski definition) is 2. The van der Waals surface area contributed by atoms with E-state index in [1.165, 1.54) is 6.42 Å². The molecule has 1 aliphatic rings. The number of amides is 1. The molecule has 0 heterocycles. The quantitative estimate of drug-likeness (QED) is 0.626. The van der Waals surface area contributed by atoms with Crippen LogP contribution in [-0.2, 0) is 4.79 Å². The predicted octanol–water partition coefficient (Wildman–Crippen LogP) is 4.30. The van der Waals surface area contributed by atoms with Crippen LogP contribution in [0.5, 0.6) is 0 Å². The summed E-state index contributed by atoms with van der Waals surface area (Å²) >= 11 is 0. The first kappa shape index (κ1) is 18.0. The van der Waals surface area contributed by atoms with Gasteiger partial charge in [0, 0.05) is 11.3 Å². The van der Waals surface area contributed by atoms with Crippen LogP contribution in [0.2, 0.25) is 0 Å². The Morgan fingerprint density at radius 2 is 1.75 bits per heavy atom. The van der Waals surface area contributed by atoms with E-state index >= 15 is 0 Å². The summed E-state index contributed by atoms with van der Waals surface area (Å²) in [5.41, 5.74) is 1.98. The summed E-state index contributed by atoms with van der Waals surface area (Å²) in [5.74, 6) is -1.01. The molecule has 1 saturated carbocycles. The zero-order valence-corrected chi connectivity index (χ0v) is 14.3. The first-order valence-electron chi connectivity index (χ1n) is 8.51. The van der Waals surface area contributed by atoms with Gasteiger partial charge < -0.3 is 10.4 Å². The van der Waals surface area contributed by atoms with Gasteiger partial charge in [-0.1, -0.05) is 43.5 Å². The van der Waals surface area contributed by atoms with E-state index in [2.05, 4.69) is 5.32 Å². The van der Waals surface area contributed by atoms with E-state index in [1.54, 1.807) is 31.2 Å². The van der Waals surface area contributed by atoms with Crippen molar-refractivity contribution >= 4 is 11.9 Å². The molecule has 0 aromatic heterocycles. The molecule has 0 unspecified atom stereocenters. The van der Waals surface area contributed by atoms with Crippen LogP contribution < -0.4 is 5.32 Å². The first-order chi connectivity index (χ1) is 11.5. The molecule has 0 saturated heterocycles. The summed E-state index contributed by atoms with van der Waals surface area (Å²) in [4.78, 5) is 24.2. The molecule has 0 radical (unpaired) electrons. The smallest absolute Gasteiger partial charge is 0.337 e. The highest BCUT2D eigenvalue weighted by atomic mass is 16.4. The van der Waals surface area contributed by atoms with Crippen molar-refractivity contribution in [1.29, 1.82) is 0 Å². The van der Waals surface area contributed by atoms with Gasteiger partial charge in [0.05, 0.1) is 5.57 Å². The molecular weight excluding hydrogens is 302 g/mol. The van der Waals surface area contributed by atoms with Crippen molar-refractivity contribution in [3.63, 3.8) is 0 Å². The molecule has 0 spiro atoms. The van der Waals surface area contributed by atoms with Gasteiger partial charge >= 0.3 is 5.97 Å². The van der Waals surface area contributed by atoms with Crippen LogP contribution in [-0.4, -0.2) is 17.0 Å². The summed E-state index contributed by atoms with van der Waals surface area (Å²) in [6.07, 6.45) is 7.38. The molecule has 2 N–H and O–H groups in total. The standard InChI is InChI=1S/C20H25NO3/c1-3-17(15-10-6-4-7-11-15)18(20(23)24)14(2)21-19(22)16-12-8-5-9-13-16/h3,5,8-9,12-13,15H,4,6-7,10-11H2,1-2H3,(H,21,22)(H,23,24)/b17-3-,18-14-. The normalized spacial score (nSPS) is 17.2. The molecule has 1 aliphatic carbocycles. The van der Waals surface area contributed by atoms with Gasteiger partial charge in [0.1, 0.15) is 0 Å². The number of carbonyl (C=O) groups excluding carboxylic acids is 1. The van der Waals surface area contributed by atoms with Crippen molar-refractivity contribution < 1.29 is 14.7 Å².